The monoisotopic (exact) mass is 669 g/mol. The number of epoxide rings is 2. The molecule has 1 N–H and O–H groups in total. The van der Waals surface area contributed by atoms with Gasteiger partial charge in [0, 0.05) is 37.0 Å². The minimum atomic E-state index is -0.548. The maximum absolute atomic E-state index is 13.0. The summed E-state index contributed by atoms with van der Waals surface area (Å²) >= 11 is 0. The maximum atomic E-state index is 13.0. The number of ether oxygens (including phenoxy) is 5. The fourth-order valence-electron chi connectivity index (χ4n) is 6.72. The molecule has 1 amide bonds. The van der Waals surface area contributed by atoms with E-state index in [9.17, 15) is 19.2 Å². The van der Waals surface area contributed by atoms with Gasteiger partial charge in [-0.25, -0.2) is 0 Å². The molecule has 48 heavy (non-hydrogen) atoms. The van der Waals surface area contributed by atoms with E-state index in [0.29, 0.717) is 31.6 Å². The molecular weight excluding hydrogens is 614 g/mol. The number of benzene rings is 1. The molecule has 1 aromatic carbocycles. The third-order valence-electron chi connectivity index (χ3n) is 9.90. The number of Topliss-reactive ketones (excluding diaryl/α,β-unsaturated/α-hetero) is 2. The van der Waals surface area contributed by atoms with Gasteiger partial charge in [0.2, 0.25) is 5.91 Å². The number of anilines is 1. The summed E-state index contributed by atoms with van der Waals surface area (Å²) < 4.78 is 29.5. The molecule has 1 spiro atoms. The van der Waals surface area contributed by atoms with Crippen molar-refractivity contribution in [2.45, 2.75) is 123 Å². The lowest BCUT2D eigenvalue weighted by molar-refractivity contribution is -0.172. The van der Waals surface area contributed by atoms with Crippen LogP contribution in [0.2, 0.25) is 0 Å². The molecule has 0 unspecified atom stereocenters. The van der Waals surface area contributed by atoms with Crippen LogP contribution in [0.5, 0.6) is 0 Å². The van der Waals surface area contributed by atoms with Crippen molar-refractivity contribution in [3.05, 3.63) is 41.5 Å². The van der Waals surface area contributed by atoms with Crippen LogP contribution in [0.15, 0.2) is 35.9 Å². The van der Waals surface area contributed by atoms with Crippen LogP contribution in [-0.2, 0) is 49.3 Å². The second kappa shape index (κ2) is 15.7. The molecule has 2 saturated heterocycles. The minimum absolute atomic E-state index is 0.0102. The van der Waals surface area contributed by atoms with Gasteiger partial charge < -0.3 is 29.0 Å². The van der Waals surface area contributed by atoms with E-state index in [4.69, 9.17) is 23.7 Å². The lowest BCUT2D eigenvalue weighted by Gasteiger charge is -2.42. The number of carbonyl (C=O) groups is 4. The smallest absolute Gasteiger partial charge is 0.306 e. The number of rotatable bonds is 17. The summed E-state index contributed by atoms with van der Waals surface area (Å²) in [6.07, 6.45) is 5.62. The Hall–Kier alpha value is -2.92. The lowest BCUT2D eigenvalue weighted by atomic mass is 9.68. The van der Waals surface area contributed by atoms with Gasteiger partial charge in [0.25, 0.3) is 0 Å². The van der Waals surface area contributed by atoms with E-state index in [-0.39, 0.29) is 84.9 Å². The molecule has 2 aliphatic heterocycles. The Kier molecular flexibility index (Phi) is 12.4. The predicted molar refractivity (Wildman–Crippen MR) is 181 cm³/mol. The topological polar surface area (TPSA) is 133 Å². The number of aryl methyl sites for hydroxylation is 1. The van der Waals surface area contributed by atoms with Gasteiger partial charge in [-0.3, -0.25) is 19.2 Å². The number of esters is 1. The summed E-state index contributed by atoms with van der Waals surface area (Å²) in [5.41, 5.74) is 1.76. The van der Waals surface area contributed by atoms with Gasteiger partial charge in [0.15, 0.2) is 11.6 Å². The van der Waals surface area contributed by atoms with Gasteiger partial charge in [-0.05, 0) is 70.6 Å². The van der Waals surface area contributed by atoms with Gasteiger partial charge in [0.1, 0.15) is 36.6 Å². The SMILES string of the molecule is CO[C@@H]1[C@H](OC(=O)CCCc2ccc(NC(=O)[C@H](C)CC(=O)COCC(=O)C(C)(C)C)cc2)CC[C@]2(CO2)[C@H]1[C@@]1(C)O[C@@H]1CC=C(C)C. The van der Waals surface area contributed by atoms with Gasteiger partial charge >= 0.3 is 5.97 Å². The predicted octanol–water partition coefficient (Wildman–Crippen LogP) is 5.79. The first-order valence-corrected chi connectivity index (χ1v) is 17.3. The Morgan fingerprint density at radius 2 is 1.79 bits per heavy atom. The van der Waals surface area contributed by atoms with Crippen molar-refractivity contribution < 1.29 is 42.9 Å². The average molecular weight is 670 g/mol. The minimum Gasteiger partial charge on any atom is -0.460 e. The molecule has 0 bridgehead atoms. The quantitative estimate of drug-likeness (QED) is 0.124. The first-order valence-electron chi connectivity index (χ1n) is 17.3. The van der Waals surface area contributed by atoms with E-state index in [1.165, 1.54) is 5.57 Å². The fourth-order valence-corrected chi connectivity index (χ4v) is 6.72. The Bertz CT molecular complexity index is 1340. The summed E-state index contributed by atoms with van der Waals surface area (Å²) in [4.78, 5) is 49.8. The summed E-state index contributed by atoms with van der Waals surface area (Å²) in [5.74, 6) is -1.38. The van der Waals surface area contributed by atoms with Crippen LogP contribution in [0.25, 0.3) is 0 Å². The van der Waals surface area contributed by atoms with Crippen molar-refractivity contribution in [1.29, 1.82) is 0 Å². The number of methoxy groups -OCH3 is 1. The molecule has 7 atom stereocenters. The summed E-state index contributed by atoms with van der Waals surface area (Å²) in [7, 11) is 1.68. The molecular formula is C38H55NO9. The number of amides is 1. The van der Waals surface area contributed by atoms with Gasteiger partial charge in [-0.1, -0.05) is 51.5 Å². The number of carbonyl (C=O) groups excluding carboxylic acids is 4. The van der Waals surface area contributed by atoms with Crippen LogP contribution in [0.4, 0.5) is 5.69 Å². The molecule has 1 aromatic rings. The van der Waals surface area contributed by atoms with E-state index >= 15 is 0 Å². The van der Waals surface area contributed by atoms with Crippen molar-refractivity contribution in [2.24, 2.45) is 17.3 Å². The molecule has 2 heterocycles. The fraction of sp³-hybridized carbons (Fsp3) is 0.684. The summed E-state index contributed by atoms with van der Waals surface area (Å²) in [6, 6.07) is 7.46. The van der Waals surface area contributed by atoms with Crippen LogP contribution in [0.1, 0.15) is 92.6 Å². The highest BCUT2D eigenvalue weighted by molar-refractivity contribution is 5.95. The second-order valence-electron chi connectivity index (χ2n) is 15.3. The van der Waals surface area contributed by atoms with Crippen molar-refractivity contribution in [3.63, 3.8) is 0 Å². The van der Waals surface area contributed by atoms with E-state index in [1.807, 2.05) is 24.3 Å². The van der Waals surface area contributed by atoms with Gasteiger partial charge in [-0.15, -0.1) is 0 Å². The van der Waals surface area contributed by atoms with Crippen LogP contribution < -0.4 is 5.32 Å². The standard InChI is InChI=1S/C38H55NO9/c1-24(2)12-17-31-37(7,48-31)34-33(44-8)29(18-19-38(34)23-46-38)47-32(42)11-9-10-26-13-15-27(16-14-26)39-35(43)25(3)20-28(40)21-45-22-30(41)36(4,5)6/h12-16,25,29,31,33-34H,9-11,17-23H2,1-8H3,(H,39,43)/t25-,29-,31-,33-,34-,37+,38+/m1/s1. The molecule has 4 rings (SSSR count). The third-order valence-corrected chi connectivity index (χ3v) is 9.90. The zero-order valence-electron chi connectivity index (χ0n) is 30.0. The summed E-state index contributed by atoms with van der Waals surface area (Å²) in [5, 5.41) is 2.85. The van der Waals surface area contributed by atoms with Crippen molar-refractivity contribution in [2.75, 3.05) is 32.2 Å². The third kappa shape index (κ3) is 9.83. The molecule has 0 radical (unpaired) electrons. The number of ketones is 2. The molecule has 10 heteroatoms. The van der Waals surface area contributed by atoms with Crippen molar-refractivity contribution in [1.82, 2.24) is 0 Å². The zero-order chi connectivity index (χ0) is 35.3. The van der Waals surface area contributed by atoms with E-state index in [0.717, 1.165) is 18.4 Å². The Morgan fingerprint density at radius 1 is 1.10 bits per heavy atom. The molecule has 1 saturated carbocycles. The Labute approximate surface area is 285 Å². The van der Waals surface area contributed by atoms with Crippen LogP contribution in [-0.4, -0.2) is 79.9 Å². The highest BCUT2D eigenvalue weighted by atomic mass is 16.6. The molecule has 0 aromatic heterocycles. The molecule has 3 fully saturated rings. The Balaban J connectivity index is 1.18. The summed E-state index contributed by atoms with van der Waals surface area (Å²) in [6.45, 7) is 13.7. The second-order valence-corrected chi connectivity index (χ2v) is 15.3. The first kappa shape index (κ1) is 37.9. The number of hydrogen-bond acceptors (Lipinski definition) is 9. The molecule has 1 aliphatic carbocycles. The van der Waals surface area contributed by atoms with E-state index < -0.39 is 11.3 Å². The normalized spacial score (nSPS) is 28.3. The number of hydrogen-bond donors (Lipinski definition) is 1. The highest BCUT2D eigenvalue weighted by Gasteiger charge is 2.72. The van der Waals surface area contributed by atoms with Crippen molar-refractivity contribution in [3.8, 4) is 0 Å². The van der Waals surface area contributed by atoms with Crippen LogP contribution in [0.3, 0.4) is 0 Å². The van der Waals surface area contributed by atoms with E-state index in [1.54, 1.807) is 34.8 Å². The highest BCUT2D eigenvalue weighted by Crippen LogP contribution is 2.59. The van der Waals surface area contributed by atoms with E-state index in [2.05, 4.69) is 32.2 Å². The average Bonchev–Trinajstić information content (AvgIpc) is 3.93. The van der Waals surface area contributed by atoms with Crippen molar-refractivity contribution >= 4 is 29.1 Å². The molecule has 10 nitrogen and oxygen atoms in total. The van der Waals surface area contributed by atoms with Gasteiger partial charge in [-0.2, -0.15) is 0 Å². The largest absolute Gasteiger partial charge is 0.460 e. The Morgan fingerprint density at radius 3 is 2.40 bits per heavy atom. The van der Waals surface area contributed by atoms with Gasteiger partial charge in [0.05, 0.1) is 18.6 Å². The molecule has 266 valence electrons. The first-order chi connectivity index (χ1) is 22.6. The number of nitrogens with one attached hydrogen (secondary N) is 1. The zero-order valence-corrected chi connectivity index (χ0v) is 30.0. The van der Waals surface area contributed by atoms with Crippen LogP contribution in [0, 0.1) is 17.3 Å². The number of allylic oxidation sites excluding steroid dienone is 1. The van der Waals surface area contributed by atoms with Crippen LogP contribution >= 0.6 is 0 Å². The molecule has 3 aliphatic rings. The lowest BCUT2D eigenvalue weighted by Crippen LogP contribution is -2.55. The maximum Gasteiger partial charge on any atom is 0.306 e.